The standard InChI is InChI=1S/C58H103N9O13/c1-10-51(68)75-45-57(46-76-52(69)11-2,48-78-54(71)19-22-62-31-37-65(38-32-62)28-25-59(13-4)14-5)43-74-44-58(47-77-53(70)12-3,49-79-55(72)20-23-63-33-39-66(40-34-63)29-26-60(15-6)16-7)50-80-56(73)21-24-64-35-41-67(42-36-64)30-27-61(17-8)18-9/h10-12H,1-3,13-50H2,4-9H3. The van der Waals surface area contributed by atoms with Gasteiger partial charge in [0, 0.05) is 156 Å². The third-order valence-electron chi connectivity index (χ3n) is 15.7. The molecule has 3 saturated heterocycles. The summed E-state index contributed by atoms with van der Waals surface area (Å²) >= 11 is 0. The van der Waals surface area contributed by atoms with Crippen LogP contribution in [0.5, 0.6) is 0 Å². The van der Waals surface area contributed by atoms with Crippen molar-refractivity contribution in [1.29, 1.82) is 0 Å². The molecule has 0 spiro atoms. The van der Waals surface area contributed by atoms with Gasteiger partial charge in [-0.05, 0) is 39.3 Å². The van der Waals surface area contributed by atoms with Crippen LogP contribution in [0.3, 0.4) is 0 Å². The van der Waals surface area contributed by atoms with E-state index in [2.05, 4.69) is 105 Å². The lowest BCUT2D eigenvalue weighted by molar-refractivity contribution is -0.173. The third-order valence-corrected chi connectivity index (χ3v) is 15.7. The third kappa shape index (κ3) is 28.1. The zero-order valence-electron chi connectivity index (χ0n) is 50.1. The summed E-state index contributed by atoms with van der Waals surface area (Å²) in [5.41, 5.74) is -2.98. The average Bonchev–Trinajstić information content (AvgIpc) is 3.51. The molecule has 0 N–H and O–H groups in total. The molecule has 22 heteroatoms. The Bertz CT molecular complexity index is 1750. The first kappa shape index (κ1) is 69.9. The van der Waals surface area contributed by atoms with E-state index in [1.165, 1.54) is 0 Å². The van der Waals surface area contributed by atoms with Crippen LogP contribution in [0.25, 0.3) is 0 Å². The normalized spacial score (nSPS) is 16.6. The van der Waals surface area contributed by atoms with Gasteiger partial charge < -0.3 is 62.6 Å². The Kier molecular flexibility index (Phi) is 34.9. The van der Waals surface area contributed by atoms with E-state index in [1.54, 1.807) is 0 Å². The van der Waals surface area contributed by atoms with Crippen molar-refractivity contribution < 1.29 is 61.9 Å². The highest BCUT2D eigenvalue weighted by Crippen LogP contribution is 2.27. The highest BCUT2D eigenvalue weighted by molar-refractivity contribution is 5.82. The minimum atomic E-state index is -1.49. The van der Waals surface area contributed by atoms with Gasteiger partial charge >= 0.3 is 35.8 Å². The molecule has 0 saturated carbocycles. The predicted octanol–water partition coefficient (Wildman–Crippen LogP) is 1.84. The van der Waals surface area contributed by atoms with Gasteiger partial charge in [-0.2, -0.15) is 0 Å². The maximum Gasteiger partial charge on any atom is 0.330 e. The van der Waals surface area contributed by atoms with Gasteiger partial charge in [0.15, 0.2) is 0 Å². The summed E-state index contributed by atoms with van der Waals surface area (Å²) in [6.45, 7) is 43.9. The van der Waals surface area contributed by atoms with E-state index in [4.69, 9.17) is 33.2 Å². The van der Waals surface area contributed by atoms with Crippen LogP contribution in [0.2, 0.25) is 0 Å². The average molecular weight is 1130 g/mol. The zero-order chi connectivity index (χ0) is 58.6. The lowest BCUT2D eigenvalue weighted by atomic mass is 9.90. The van der Waals surface area contributed by atoms with Crippen LogP contribution in [0.1, 0.15) is 60.8 Å². The summed E-state index contributed by atoms with van der Waals surface area (Å²) in [7, 11) is 0. The molecule has 0 radical (unpaired) electrons. The van der Waals surface area contributed by atoms with Crippen LogP contribution in [-0.4, -0.2) is 309 Å². The Labute approximate surface area is 479 Å². The molecule has 3 rings (SSSR count). The number of carbonyl (C=O) groups excluding carboxylic acids is 6. The molecule has 0 aliphatic carbocycles. The van der Waals surface area contributed by atoms with E-state index in [0.717, 1.165) is 175 Å². The number of hydrogen-bond acceptors (Lipinski definition) is 22. The Morgan fingerprint density at radius 1 is 0.350 bits per heavy atom. The summed E-state index contributed by atoms with van der Waals surface area (Å²) in [5.74, 6) is -3.89. The molecule has 80 heavy (non-hydrogen) atoms. The highest BCUT2D eigenvalue weighted by atomic mass is 16.6. The molecule has 3 heterocycles. The van der Waals surface area contributed by atoms with Gasteiger partial charge in [-0.15, -0.1) is 0 Å². The largest absolute Gasteiger partial charge is 0.465 e. The fourth-order valence-electron chi connectivity index (χ4n) is 9.68. The molecule has 0 aromatic rings. The number of hydrogen-bond donors (Lipinski definition) is 0. The highest BCUT2D eigenvalue weighted by Gasteiger charge is 2.41. The maximum atomic E-state index is 13.6. The molecule has 0 bridgehead atoms. The van der Waals surface area contributed by atoms with E-state index < -0.39 is 73.1 Å². The van der Waals surface area contributed by atoms with E-state index in [-0.39, 0.29) is 45.7 Å². The van der Waals surface area contributed by atoms with Gasteiger partial charge in [0.2, 0.25) is 0 Å². The SMILES string of the molecule is C=CC(=O)OCC(COCC(COC(=O)C=C)(COC(=O)CCN1CCN(CCN(CC)CC)CC1)COC(=O)CCN1CCN(CCN(CC)CC)CC1)(COC(=O)C=C)COC(=O)CCN1CCN(CCN(CC)CC)CC1. The number of likely N-dealkylation sites (N-methyl/N-ethyl adjacent to an activating group) is 3. The van der Waals surface area contributed by atoms with Crippen molar-refractivity contribution in [3.8, 4) is 0 Å². The summed E-state index contributed by atoms with van der Waals surface area (Å²) in [5, 5.41) is 0. The maximum absolute atomic E-state index is 13.6. The Morgan fingerprint density at radius 2 is 0.562 bits per heavy atom. The quantitative estimate of drug-likeness (QED) is 0.0487. The van der Waals surface area contributed by atoms with E-state index >= 15 is 0 Å². The monoisotopic (exact) mass is 1130 g/mol. The van der Waals surface area contributed by atoms with Crippen LogP contribution in [-0.2, 0) is 61.9 Å². The molecule has 3 aliphatic heterocycles. The minimum absolute atomic E-state index is 0.0735. The number of rotatable bonds is 43. The molecule has 22 nitrogen and oxygen atoms in total. The van der Waals surface area contributed by atoms with Crippen LogP contribution in [0.15, 0.2) is 38.0 Å². The van der Waals surface area contributed by atoms with Crippen LogP contribution in [0, 0.1) is 10.8 Å². The van der Waals surface area contributed by atoms with Gasteiger partial charge in [0.1, 0.15) is 39.6 Å². The lowest BCUT2D eigenvalue weighted by Crippen LogP contribution is -2.49. The summed E-state index contributed by atoms with van der Waals surface area (Å²) in [6.07, 6.45) is 3.17. The van der Waals surface area contributed by atoms with Crippen molar-refractivity contribution in [3.63, 3.8) is 0 Å². The predicted molar refractivity (Wildman–Crippen MR) is 308 cm³/mol. The molecule has 3 aliphatic rings. The van der Waals surface area contributed by atoms with Crippen molar-refractivity contribution in [2.45, 2.75) is 60.8 Å². The van der Waals surface area contributed by atoms with E-state index in [9.17, 15) is 28.8 Å². The van der Waals surface area contributed by atoms with Crippen molar-refractivity contribution in [2.75, 3.05) is 230 Å². The lowest BCUT2D eigenvalue weighted by Gasteiger charge is -2.36. The van der Waals surface area contributed by atoms with Crippen molar-refractivity contribution in [2.24, 2.45) is 10.8 Å². The molecular weight excluding hydrogens is 1030 g/mol. The molecule has 0 aromatic heterocycles. The van der Waals surface area contributed by atoms with Crippen LogP contribution < -0.4 is 0 Å². The summed E-state index contributed by atoms with van der Waals surface area (Å²) in [4.78, 5) is 99.9. The van der Waals surface area contributed by atoms with Gasteiger partial charge in [-0.1, -0.05) is 61.3 Å². The second-order valence-electron chi connectivity index (χ2n) is 21.3. The number of carbonyl (C=O) groups is 6. The number of piperazine rings is 3. The molecular formula is C58H103N9O13. The van der Waals surface area contributed by atoms with E-state index in [0.29, 0.717) is 19.6 Å². The second kappa shape index (κ2) is 40.0. The van der Waals surface area contributed by atoms with Gasteiger partial charge in [0.05, 0.1) is 43.3 Å². The van der Waals surface area contributed by atoms with Crippen molar-refractivity contribution in [1.82, 2.24) is 44.1 Å². The summed E-state index contributed by atoms with van der Waals surface area (Å²) in [6, 6.07) is 0. The van der Waals surface area contributed by atoms with Gasteiger partial charge in [-0.3, -0.25) is 29.1 Å². The molecule has 0 atom stereocenters. The van der Waals surface area contributed by atoms with Crippen LogP contribution >= 0.6 is 0 Å². The van der Waals surface area contributed by atoms with Crippen molar-refractivity contribution >= 4 is 35.8 Å². The first-order chi connectivity index (χ1) is 38.6. The molecule has 458 valence electrons. The smallest absolute Gasteiger partial charge is 0.330 e. The fraction of sp³-hybridized carbons (Fsp3) is 0.793. The fourth-order valence-corrected chi connectivity index (χ4v) is 9.68. The Morgan fingerprint density at radius 3 is 0.775 bits per heavy atom. The number of esters is 6. The summed E-state index contributed by atoms with van der Waals surface area (Å²) < 4.78 is 40.9. The number of ether oxygens (including phenoxy) is 7. The van der Waals surface area contributed by atoms with Gasteiger partial charge in [0.25, 0.3) is 0 Å². The first-order valence-corrected chi connectivity index (χ1v) is 29.5. The first-order valence-electron chi connectivity index (χ1n) is 29.5. The molecule has 3 fully saturated rings. The molecule has 0 amide bonds. The minimum Gasteiger partial charge on any atom is -0.465 e. The second-order valence-corrected chi connectivity index (χ2v) is 21.3. The Hall–Kier alpha value is -4.36. The molecule has 0 aromatic carbocycles. The van der Waals surface area contributed by atoms with Crippen molar-refractivity contribution in [3.05, 3.63) is 38.0 Å². The topological polar surface area (TPSA) is 196 Å². The van der Waals surface area contributed by atoms with Crippen LogP contribution in [0.4, 0.5) is 0 Å². The molecule has 0 unspecified atom stereocenters. The Balaban J connectivity index is 1.79. The number of nitrogens with zero attached hydrogens (tertiary/aromatic N) is 9. The van der Waals surface area contributed by atoms with E-state index in [1.807, 2.05) is 0 Å². The zero-order valence-corrected chi connectivity index (χ0v) is 50.1. The van der Waals surface area contributed by atoms with Gasteiger partial charge in [-0.25, -0.2) is 14.4 Å².